The molecule has 0 bridgehead atoms. The molecule has 0 saturated heterocycles. The van der Waals surface area contributed by atoms with Crippen LogP contribution in [-0.4, -0.2) is 43.3 Å². The van der Waals surface area contributed by atoms with E-state index in [4.69, 9.17) is 15.7 Å². The minimum Gasteiger partial charge on any atom is -0.383 e. The van der Waals surface area contributed by atoms with Gasteiger partial charge in [0.05, 0.1) is 12.7 Å². The first-order chi connectivity index (χ1) is 7.99. The Morgan fingerprint density at radius 3 is 2.47 bits per heavy atom. The third-order valence-corrected chi connectivity index (χ3v) is 3.23. The molecule has 0 radical (unpaired) electrons. The van der Waals surface area contributed by atoms with E-state index < -0.39 is 5.54 Å². The van der Waals surface area contributed by atoms with Gasteiger partial charge in [0.25, 0.3) is 0 Å². The SMILES string of the molecule is CCC(N)(C#N)CCCN(CCOC)C(C)C. The van der Waals surface area contributed by atoms with E-state index in [-0.39, 0.29) is 0 Å². The number of nitrogens with zero attached hydrogens (tertiary/aromatic N) is 2. The number of hydrogen-bond donors (Lipinski definition) is 1. The molecule has 0 saturated carbocycles. The van der Waals surface area contributed by atoms with Crippen LogP contribution < -0.4 is 5.73 Å². The van der Waals surface area contributed by atoms with Gasteiger partial charge in [-0.3, -0.25) is 4.90 Å². The van der Waals surface area contributed by atoms with Crippen LogP contribution in [0.15, 0.2) is 0 Å². The fourth-order valence-electron chi connectivity index (χ4n) is 1.75. The third kappa shape index (κ3) is 6.62. The second-order valence-electron chi connectivity index (χ2n) is 4.85. The smallest absolute Gasteiger partial charge is 0.104 e. The molecule has 0 aliphatic rings. The first-order valence-corrected chi connectivity index (χ1v) is 6.42. The van der Waals surface area contributed by atoms with Gasteiger partial charge in [0.1, 0.15) is 5.54 Å². The molecule has 17 heavy (non-hydrogen) atoms. The molecule has 4 heteroatoms. The summed E-state index contributed by atoms with van der Waals surface area (Å²) in [5.74, 6) is 0. The Morgan fingerprint density at radius 1 is 1.41 bits per heavy atom. The fraction of sp³-hybridized carbons (Fsp3) is 0.923. The van der Waals surface area contributed by atoms with Crippen LogP contribution in [0.5, 0.6) is 0 Å². The molecule has 100 valence electrons. The fourth-order valence-corrected chi connectivity index (χ4v) is 1.75. The van der Waals surface area contributed by atoms with E-state index in [2.05, 4.69) is 24.8 Å². The maximum absolute atomic E-state index is 8.99. The normalized spacial score (nSPS) is 14.9. The molecule has 0 amide bonds. The topological polar surface area (TPSA) is 62.3 Å². The Bertz CT molecular complexity index is 237. The second-order valence-corrected chi connectivity index (χ2v) is 4.85. The maximum Gasteiger partial charge on any atom is 0.104 e. The molecule has 0 aliphatic carbocycles. The maximum atomic E-state index is 8.99. The zero-order valence-electron chi connectivity index (χ0n) is 11.7. The average molecular weight is 241 g/mol. The van der Waals surface area contributed by atoms with Crippen LogP contribution in [0.2, 0.25) is 0 Å². The van der Waals surface area contributed by atoms with Crippen LogP contribution in [0.1, 0.15) is 40.0 Å². The van der Waals surface area contributed by atoms with Crippen LogP contribution in [-0.2, 0) is 4.74 Å². The van der Waals surface area contributed by atoms with Crippen molar-refractivity contribution >= 4 is 0 Å². The number of ether oxygens (including phenoxy) is 1. The summed E-state index contributed by atoms with van der Waals surface area (Å²) in [6.07, 6.45) is 2.43. The highest BCUT2D eigenvalue weighted by Crippen LogP contribution is 2.13. The van der Waals surface area contributed by atoms with E-state index in [1.54, 1.807) is 7.11 Å². The first-order valence-electron chi connectivity index (χ1n) is 6.42. The Hall–Kier alpha value is -0.630. The molecule has 0 heterocycles. The van der Waals surface area contributed by atoms with Crippen molar-refractivity contribution in [3.05, 3.63) is 0 Å². The van der Waals surface area contributed by atoms with Gasteiger partial charge < -0.3 is 10.5 Å². The lowest BCUT2D eigenvalue weighted by Crippen LogP contribution is -2.40. The summed E-state index contributed by atoms with van der Waals surface area (Å²) in [5, 5.41) is 8.99. The molecule has 4 nitrogen and oxygen atoms in total. The Labute approximate surface area is 106 Å². The van der Waals surface area contributed by atoms with Crippen LogP contribution in [0.4, 0.5) is 0 Å². The lowest BCUT2D eigenvalue weighted by Gasteiger charge is -2.27. The third-order valence-electron chi connectivity index (χ3n) is 3.23. The van der Waals surface area contributed by atoms with Gasteiger partial charge >= 0.3 is 0 Å². The summed E-state index contributed by atoms with van der Waals surface area (Å²) in [5.41, 5.74) is 5.31. The van der Waals surface area contributed by atoms with Crippen LogP contribution in [0.3, 0.4) is 0 Å². The highest BCUT2D eigenvalue weighted by molar-refractivity contribution is 5.03. The van der Waals surface area contributed by atoms with E-state index in [9.17, 15) is 0 Å². The van der Waals surface area contributed by atoms with Gasteiger partial charge in [0.15, 0.2) is 0 Å². The highest BCUT2D eigenvalue weighted by atomic mass is 16.5. The highest BCUT2D eigenvalue weighted by Gasteiger charge is 2.21. The van der Waals surface area contributed by atoms with Crippen molar-refractivity contribution in [2.45, 2.75) is 51.6 Å². The predicted octanol–water partition coefficient (Wildman–Crippen LogP) is 1.75. The Kier molecular flexibility index (Phi) is 8.15. The van der Waals surface area contributed by atoms with Crippen molar-refractivity contribution in [1.29, 1.82) is 5.26 Å². The van der Waals surface area contributed by atoms with Crippen molar-refractivity contribution in [2.75, 3.05) is 26.8 Å². The molecule has 0 fully saturated rings. The average Bonchev–Trinajstić information content (AvgIpc) is 2.32. The number of nitriles is 1. The minimum absolute atomic E-state index is 0.501. The first kappa shape index (κ1) is 16.4. The van der Waals surface area contributed by atoms with Crippen molar-refractivity contribution in [3.63, 3.8) is 0 Å². The molecular weight excluding hydrogens is 214 g/mol. The summed E-state index contributed by atoms with van der Waals surface area (Å²) in [7, 11) is 1.72. The van der Waals surface area contributed by atoms with Gasteiger partial charge in [-0.15, -0.1) is 0 Å². The number of rotatable bonds is 9. The summed E-state index contributed by atoms with van der Waals surface area (Å²) in [6, 6.07) is 2.71. The van der Waals surface area contributed by atoms with Gasteiger partial charge in [-0.2, -0.15) is 5.26 Å². The van der Waals surface area contributed by atoms with E-state index >= 15 is 0 Å². The monoisotopic (exact) mass is 241 g/mol. The van der Waals surface area contributed by atoms with Gasteiger partial charge in [0.2, 0.25) is 0 Å². The predicted molar refractivity (Wildman–Crippen MR) is 70.6 cm³/mol. The van der Waals surface area contributed by atoms with Gasteiger partial charge in [-0.05, 0) is 39.7 Å². The van der Waals surface area contributed by atoms with Gasteiger partial charge in [-0.1, -0.05) is 6.92 Å². The van der Waals surface area contributed by atoms with Crippen LogP contribution in [0, 0.1) is 11.3 Å². The van der Waals surface area contributed by atoms with Crippen molar-refractivity contribution in [2.24, 2.45) is 5.73 Å². The van der Waals surface area contributed by atoms with E-state index in [1.165, 1.54) is 0 Å². The summed E-state index contributed by atoms with van der Waals surface area (Å²) < 4.78 is 5.09. The molecule has 0 spiro atoms. The van der Waals surface area contributed by atoms with Crippen molar-refractivity contribution in [1.82, 2.24) is 4.90 Å². The molecule has 2 N–H and O–H groups in total. The van der Waals surface area contributed by atoms with Crippen molar-refractivity contribution < 1.29 is 4.74 Å². The minimum atomic E-state index is -0.649. The zero-order chi connectivity index (χ0) is 13.3. The second kappa shape index (κ2) is 8.46. The Balaban J connectivity index is 4.02. The lowest BCUT2D eigenvalue weighted by atomic mass is 9.93. The molecule has 0 aromatic rings. The van der Waals surface area contributed by atoms with Gasteiger partial charge in [0, 0.05) is 19.7 Å². The van der Waals surface area contributed by atoms with E-state index in [0.717, 1.165) is 32.5 Å². The number of hydrogen-bond acceptors (Lipinski definition) is 4. The van der Waals surface area contributed by atoms with E-state index in [0.29, 0.717) is 12.5 Å². The number of methoxy groups -OCH3 is 1. The molecular formula is C13H27N3O. The van der Waals surface area contributed by atoms with E-state index in [1.807, 2.05) is 6.92 Å². The van der Waals surface area contributed by atoms with Gasteiger partial charge in [-0.25, -0.2) is 0 Å². The molecule has 0 rings (SSSR count). The standard InChI is InChI=1S/C13H27N3O/c1-5-13(15,11-14)7-6-8-16(12(2)3)9-10-17-4/h12H,5-10,15H2,1-4H3. The summed E-state index contributed by atoms with van der Waals surface area (Å²) in [6.45, 7) is 8.98. The summed E-state index contributed by atoms with van der Waals surface area (Å²) >= 11 is 0. The Morgan fingerprint density at radius 2 is 2.06 bits per heavy atom. The van der Waals surface area contributed by atoms with Crippen LogP contribution in [0.25, 0.3) is 0 Å². The van der Waals surface area contributed by atoms with Crippen LogP contribution >= 0.6 is 0 Å². The quantitative estimate of drug-likeness (QED) is 0.668. The van der Waals surface area contributed by atoms with Crippen molar-refractivity contribution in [3.8, 4) is 6.07 Å². The number of nitrogens with two attached hydrogens (primary N) is 1. The lowest BCUT2D eigenvalue weighted by molar-refractivity contribution is 0.127. The molecule has 1 unspecified atom stereocenters. The molecule has 1 atom stereocenters. The zero-order valence-corrected chi connectivity index (χ0v) is 11.7. The molecule has 0 aromatic carbocycles. The largest absolute Gasteiger partial charge is 0.383 e. The molecule has 0 aliphatic heterocycles. The molecule has 0 aromatic heterocycles. The summed E-state index contributed by atoms with van der Waals surface area (Å²) in [4.78, 5) is 2.36.